The van der Waals surface area contributed by atoms with Crippen LogP contribution in [0.5, 0.6) is 0 Å². The van der Waals surface area contributed by atoms with Crippen molar-refractivity contribution in [3.05, 3.63) is 11.6 Å². The molecule has 0 amide bonds. The molecule has 3 heterocycles. The molecular weight excluding hydrogens is 865 g/mol. The molecule has 12 N–H and O–H groups in total. The van der Waals surface area contributed by atoms with Gasteiger partial charge in [-0.1, -0.05) is 39.3 Å². The molecule has 18 heteroatoms. The van der Waals surface area contributed by atoms with Crippen LogP contribution in [0.25, 0.3) is 0 Å². The lowest BCUT2D eigenvalue weighted by molar-refractivity contribution is -0.379. The Bertz CT molecular complexity index is 1660. The zero-order chi connectivity index (χ0) is 48.5. The van der Waals surface area contributed by atoms with Crippen molar-refractivity contribution in [3.63, 3.8) is 0 Å². The van der Waals surface area contributed by atoms with Gasteiger partial charge in [0.05, 0.1) is 31.5 Å². The summed E-state index contributed by atoms with van der Waals surface area (Å²) in [5.41, 5.74) is -1.06. The highest BCUT2D eigenvalue weighted by Gasteiger charge is 2.71. The van der Waals surface area contributed by atoms with Crippen LogP contribution < -0.4 is 0 Å². The van der Waals surface area contributed by atoms with Crippen molar-refractivity contribution in [2.24, 2.45) is 45.3 Å². The number of ether oxygens (including phenoxy) is 6. The fourth-order valence-corrected chi connectivity index (χ4v) is 14.9. The fraction of sp³-hybridized carbons (Fsp3) is 0.958. The third-order valence-electron chi connectivity index (χ3n) is 18.8. The van der Waals surface area contributed by atoms with E-state index in [1.165, 1.54) is 5.57 Å². The minimum Gasteiger partial charge on any atom is -0.396 e. The number of fused-ring (bicyclic) bond motifs is 5. The van der Waals surface area contributed by atoms with Crippen LogP contribution in [0.1, 0.15) is 113 Å². The van der Waals surface area contributed by atoms with Crippen LogP contribution in [0, 0.1) is 45.3 Å². The first-order valence-corrected chi connectivity index (χ1v) is 24.5. The van der Waals surface area contributed by atoms with Crippen LogP contribution in [-0.4, -0.2) is 192 Å². The van der Waals surface area contributed by atoms with Crippen LogP contribution in [-0.2, 0) is 28.4 Å². The Balaban J connectivity index is 1.13. The van der Waals surface area contributed by atoms with Gasteiger partial charge >= 0.3 is 0 Å². The van der Waals surface area contributed by atoms with Gasteiger partial charge in [-0.3, -0.25) is 0 Å². The van der Waals surface area contributed by atoms with E-state index < -0.39 is 134 Å². The van der Waals surface area contributed by atoms with Crippen molar-refractivity contribution >= 4 is 0 Å². The van der Waals surface area contributed by atoms with Gasteiger partial charge in [-0.25, -0.2) is 0 Å². The molecule has 3 aliphatic heterocycles. The Morgan fingerprint density at radius 3 is 1.71 bits per heavy atom. The zero-order valence-electron chi connectivity index (χ0n) is 39.8. The number of rotatable bonds is 14. The molecule has 7 rings (SSSR count). The van der Waals surface area contributed by atoms with Crippen LogP contribution >= 0.6 is 0 Å². The van der Waals surface area contributed by atoms with Crippen molar-refractivity contribution in [1.82, 2.24) is 0 Å². The first kappa shape index (κ1) is 52.8. The second kappa shape index (κ2) is 19.9. The Morgan fingerprint density at radius 1 is 0.591 bits per heavy atom. The monoisotopic (exact) mass is 947 g/mol. The van der Waals surface area contributed by atoms with E-state index >= 15 is 0 Å². The highest BCUT2D eigenvalue weighted by Crippen LogP contribution is 2.76. The van der Waals surface area contributed by atoms with E-state index in [1.54, 1.807) is 0 Å². The highest BCUT2D eigenvalue weighted by atomic mass is 16.8. The molecule has 3 saturated heterocycles. The second-order valence-corrected chi connectivity index (χ2v) is 22.6. The molecule has 66 heavy (non-hydrogen) atoms. The van der Waals surface area contributed by atoms with Gasteiger partial charge in [0.1, 0.15) is 73.2 Å². The maximum Gasteiger partial charge on any atom is 0.187 e. The number of aliphatic hydroxyl groups excluding tert-OH is 12. The number of hydrogen-bond acceptors (Lipinski definition) is 18. The van der Waals surface area contributed by atoms with Crippen molar-refractivity contribution in [1.29, 1.82) is 0 Å². The summed E-state index contributed by atoms with van der Waals surface area (Å²) < 4.78 is 37.2. The van der Waals surface area contributed by atoms with Gasteiger partial charge < -0.3 is 89.7 Å². The molecule has 4 aliphatic carbocycles. The molecule has 0 bridgehead atoms. The summed E-state index contributed by atoms with van der Waals surface area (Å²) in [7, 11) is 0. The molecule has 0 radical (unpaired) electrons. The molecule has 0 unspecified atom stereocenters. The first-order chi connectivity index (χ1) is 31.0. The number of hydrogen-bond donors (Lipinski definition) is 12. The van der Waals surface area contributed by atoms with Gasteiger partial charge in [0.2, 0.25) is 0 Å². The van der Waals surface area contributed by atoms with Gasteiger partial charge in [-0.15, -0.1) is 0 Å². The molecule has 7 fully saturated rings. The second-order valence-electron chi connectivity index (χ2n) is 22.6. The number of allylic oxidation sites excluding steroid dienone is 2. The molecule has 24 atom stereocenters. The third-order valence-corrected chi connectivity index (χ3v) is 18.8. The van der Waals surface area contributed by atoms with Crippen LogP contribution in [0.2, 0.25) is 0 Å². The predicted octanol–water partition coefficient (Wildman–Crippen LogP) is -0.0252. The summed E-state index contributed by atoms with van der Waals surface area (Å²) >= 11 is 0. The van der Waals surface area contributed by atoms with E-state index in [-0.39, 0.29) is 41.1 Å². The zero-order valence-corrected chi connectivity index (χ0v) is 39.8. The maximum atomic E-state index is 11.8. The van der Waals surface area contributed by atoms with Crippen molar-refractivity contribution < 1.29 is 89.7 Å². The van der Waals surface area contributed by atoms with E-state index in [0.29, 0.717) is 19.3 Å². The topological polar surface area (TPSA) is 298 Å². The lowest BCUT2D eigenvalue weighted by atomic mass is 9.35. The molecule has 18 nitrogen and oxygen atoms in total. The first-order valence-electron chi connectivity index (χ1n) is 24.5. The van der Waals surface area contributed by atoms with Crippen molar-refractivity contribution in [2.45, 2.75) is 216 Å². The SMILES string of the molecule is CC(C)=CCC[C@](C)(O[C@@H]1O[C@H](CO)[C@@H](O)[C@H](O)[C@H]1O)[C@H]1CC[C@]2(C)[C@@H]1CC[C@H]1[C@@]3(CO)CC[C@H](O[C@@H]4O[C@H](CO)[C@@H](O)[C@H](O)[C@H]4O[C@@H]4O[C@H](CO)[C@@H](O)[C@H](O)[C@H]4O)C(C)(C)[C@H]3CC[C@]12C. The van der Waals surface area contributed by atoms with E-state index in [0.717, 1.165) is 44.9 Å². The molecule has 0 aromatic carbocycles. The van der Waals surface area contributed by atoms with E-state index in [9.17, 15) is 61.3 Å². The van der Waals surface area contributed by atoms with E-state index in [4.69, 9.17) is 28.4 Å². The minimum atomic E-state index is -1.80. The summed E-state index contributed by atoms with van der Waals surface area (Å²) in [4.78, 5) is 0. The predicted molar refractivity (Wildman–Crippen MR) is 234 cm³/mol. The molecule has 0 aromatic rings. The lowest BCUT2D eigenvalue weighted by Gasteiger charge is -2.70. The van der Waals surface area contributed by atoms with Gasteiger partial charge in [-0.05, 0) is 125 Å². The number of aliphatic hydroxyl groups is 12. The summed E-state index contributed by atoms with van der Waals surface area (Å²) in [6.45, 7) is 13.3. The summed E-state index contributed by atoms with van der Waals surface area (Å²) in [5.74, 6) is 0.379. The molecule has 382 valence electrons. The van der Waals surface area contributed by atoms with Gasteiger partial charge in [0.25, 0.3) is 0 Å². The van der Waals surface area contributed by atoms with Crippen LogP contribution in [0.4, 0.5) is 0 Å². The van der Waals surface area contributed by atoms with Crippen LogP contribution in [0.3, 0.4) is 0 Å². The van der Waals surface area contributed by atoms with E-state index in [1.807, 2.05) is 13.8 Å². The summed E-state index contributed by atoms with van der Waals surface area (Å²) in [6.07, 6.45) is -13.3. The third kappa shape index (κ3) is 8.79. The van der Waals surface area contributed by atoms with Gasteiger partial charge in [0, 0.05) is 12.0 Å². The average molecular weight is 947 g/mol. The Labute approximate surface area is 388 Å². The largest absolute Gasteiger partial charge is 0.396 e. The Morgan fingerprint density at radius 2 is 1.14 bits per heavy atom. The molecule has 0 spiro atoms. The Hall–Kier alpha value is -0.980. The normalized spacial score (nSPS) is 51.3. The van der Waals surface area contributed by atoms with Crippen LogP contribution in [0.15, 0.2) is 11.6 Å². The molecule has 4 saturated carbocycles. The van der Waals surface area contributed by atoms with Crippen molar-refractivity contribution in [2.75, 3.05) is 26.4 Å². The minimum absolute atomic E-state index is 0.0226. The standard InChI is InChI=1S/C48H82O18/c1-23(2)9-8-15-47(7,66-42-39(60)36(57)33(54)27(20-50)62-42)25-12-16-45(5)24(25)10-11-30-46(45,6)17-13-29-44(3,4)31(14-18-48(29,30)22-52)64-43-40(37(58)34(55)28(21-51)63-43)65-41-38(59)35(56)32(53)26(19-49)61-41/h9,24-43,49-60H,8,10-22H2,1-7H3/t24-,25+,26-,27-,28-,29-,30-,31+,32-,33-,34-,35+,36+,37+,38-,39-,40-,41+,42+,43+,45-,46-,47+,48-/m1/s1. The van der Waals surface area contributed by atoms with Gasteiger partial charge in [0.15, 0.2) is 18.9 Å². The van der Waals surface area contributed by atoms with Gasteiger partial charge in [-0.2, -0.15) is 0 Å². The summed E-state index contributed by atoms with van der Waals surface area (Å²) in [6, 6.07) is 0. The smallest absolute Gasteiger partial charge is 0.187 e. The lowest BCUT2D eigenvalue weighted by Crippen LogP contribution is -2.68. The average Bonchev–Trinajstić information content (AvgIpc) is 3.65. The molecular formula is C48H82O18. The highest BCUT2D eigenvalue weighted by molar-refractivity contribution is 5.20. The summed E-state index contributed by atoms with van der Waals surface area (Å²) in [5, 5.41) is 128. The fourth-order valence-electron chi connectivity index (χ4n) is 14.9. The molecule has 0 aromatic heterocycles. The van der Waals surface area contributed by atoms with Crippen molar-refractivity contribution in [3.8, 4) is 0 Å². The molecule has 7 aliphatic rings. The van der Waals surface area contributed by atoms with E-state index in [2.05, 4.69) is 40.7 Å². The quantitative estimate of drug-likeness (QED) is 0.0805. The Kier molecular flexibility index (Phi) is 15.9. The maximum absolute atomic E-state index is 11.8.